The van der Waals surface area contributed by atoms with Crippen LogP contribution in [0.4, 0.5) is 0 Å². The van der Waals surface area contributed by atoms with Gasteiger partial charge in [-0.3, -0.25) is 13.7 Å². The number of hydrogen-bond acceptors (Lipinski definition) is 6. The van der Waals surface area contributed by atoms with Gasteiger partial charge in [-0.05, 0) is 0 Å². The SMILES string of the molecule is O=P[O-].O=P[O-].O=P[O-].[Sm+3]. The molecule has 0 rings (SSSR count). The molecule has 0 unspecified atom stereocenters. The summed E-state index contributed by atoms with van der Waals surface area (Å²) in [6.07, 6.45) is 0. The minimum Gasteiger partial charge on any atom is -0.772 e. The van der Waals surface area contributed by atoms with Crippen molar-refractivity contribution in [3.05, 3.63) is 0 Å². The Morgan fingerprint density at radius 2 is 0.700 bits per heavy atom. The van der Waals surface area contributed by atoms with E-state index >= 15 is 0 Å². The molecule has 10 heavy (non-hydrogen) atoms. The van der Waals surface area contributed by atoms with Crippen LogP contribution in [0.5, 0.6) is 0 Å². The summed E-state index contributed by atoms with van der Waals surface area (Å²) in [5.41, 5.74) is 0. The van der Waals surface area contributed by atoms with Crippen LogP contribution in [0.1, 0.15) is 0 Å². The quantitative estimate of drug-likeness (QED) is 0.504. The maximum absolute atomic E-state index is 8.35. The Bertz CT molecular complexity index is 49.7. The Hall–Kier alpha value is 1.52. The molecule has 57 valence electrons. The fourth-order valence-electron chi connectivity index (χ4n) is 0. The van der Waals surface area contributed by atoms with Crippen LogP contribution in [-0.4, -0.2) is 0 Å². The van der Waals surface area contributed by atoms with Crippen LogP contribution in [0.3, 0.4) is 0 Å². The summed E-state index contributed by atoms with van der Waals surface area (Å²) in [6.45, 7) is 0. The minimum atomic E-state index is -1.08. The molecule has 0 amide bonds. The van der Waals surface area contributed by atoms with E-state index in [-0.39, 0.29) is 40.4 Å². The molecule has 0 saturated heterocycles. The minimum absolute atomic E-state index is 0. The Balaban J connectivity index is -0.0000000257. The van der Waals surface area contributed by atoms with Crippen LogP contribution in [0, 0.1) is 40.4 Å². The first-order valence-corrected chi connectivity index (χ1v) is 3.29. The fraction of sp³-hybridized carbons (Fsp3) is 0. The van der Waals surface area contributed by atoms with Gasteiger partial charge in [-0.2, -0.15) is 0 Å². The van der Waals surface area contributed by atoms with E-state index in [4.69, 9.17) is 28.4 Å². The molecule has 0 aliphatic heterocycles. The number of rotatable bonds is 0. The summed E-state index contributed by atoms with van der Waals surface area (Å²) in [4.78, 5) is 25.0. The molecule has 0 atom stereocenters. The molecule has 0 saturated carbocycles. The normalized spacial score (nSPS) is 6.30. The average molecular weight is 339 g/mol. The zero-order valence-corrected chi connectivity index (χ0v) is 9.50. The smallest absolute Gasteiger partial charge is 0.772 e. The summed E-state index contributed by atoms with van der Waals surface area (Å²) < 4.78 is 25.0. The van der Waals surface area contributed by atoms with Crippen LogP contribution < -0.4 is 14.7 Å². The van der Waals surface area contributed by atoms with Crippen molar-refractivity contribution in [1.82, 2.24) is 0 Å². The Kier molecular flexibility index (Phi) is 105. The summed E-state index contributed by atoms with van der Waals surface area (Å²) in [6, 6.07) is 0. The molecule has 0 fully saturated rings. The maximum atomic E-state index is 8.35. The van der Waals surface area contributed by atoms with Gasteiger partial charge in [-0.1, -0.05) is 0 Å². The Morgan fingerprint density at radius 3 is 0.700 bits per heavy atom. The molecule has 0 aliphatic carbocycles. The summed E-state index contributed by atoms with van der Waals surface area (Å²) in [5, 5.41) is 0. The van der Waals surface area contributed by atoms with E-state index in [2.05, 4.69) is 0 Å². The molecule has 0 aliphatic rings. The Morgan fingerprint density at radius 1 is 0.700 bits per heavy atom. The van der Waals surface area contributed by atoms with Gasteiger partial charge in [0.1, 0.15) is 0 Å². The Labute approximate surface area is 94.0 Å². The van der Waals surface area contributed by atoms with Crippen molar-refractivity contribution in [3.63, 3.8) is 0 Å². The first-order valence-electron chi connectivity index (χ1n) is 1.10. The van der Waals surface area contributed by atoms with Crippen molar-refractivity contribution < 1.29 is 68.8 Å². The first kappa shape index (κ1) is 22.5. The molecule has 0 bridgehead atoms. The van der Waals surface area contributed by atoms with E-state index < -0.39 is 26.1 Å². The predicted octanol–water partition coefficient (Wildman–Crippen LogP) is -1.34. The van der Waals surface area contributed by atoms with E-state index in [0.29, 0.717) is 0 Å². The van der Waals surface area contributed by atoms with Crippen LogP contribution in [0.25, 0.3) is 0 Å². The third kappa shape index (κ3) is 300. The van der Waals surface area contributed by atoms with E-state index in [1.807, 2.05) is 0 Å². The van der Waals surface area contributed by atoms with E-state index in [1.165, 1.54) is 0 Å². The van der Waals surface area contributed by atoms with Crippen molar-refractivity contribution >= 4 is 26.1 Å². The van der Waals surface area contributed by atoms with E-state index in [1.54, 1.807) is 0 Å². The van der Waals surface area contributed by atoms with Gasteiger partial charge in [0.15, 0.2) is 0 Å². The topological polar surface area (TPSA) is 120 Å². The molecular formula is O6P3Sm. The molecule has 0 spiro atoms. The van der Waals surface area contributed by atoms with Crippen molar-refractivity contribution in [2.24, 2.45) is 0 Å². The molecule has 0 aromatic heterocycles. The molecule has 0 heterocycles. The molecule has 10 heteroatoms. The van der Waals surface area contributed by atoms with Gasteiger partial charge in [-0.25, -0.2) is 0 Å². The fourth-order valence-corrected chi connectivity index (χ4v) is 0. The second-order valence-corrected chi connectivity index (χ2v) is 0.671. The third-order valence-electron chi connectivity index (χ3n) is 0. The molecular weight excluding hydrogens is 339 g/mol. The van der Waals surface area contributed by atoms with Crippen molar-refractivity contribution in [2.45, 2.75) is 0 Å². The van der Waals surface area contributed by atoms with Gasteiger partial charge in [0, 0.05) is 0 Å². The van der Waals surface area contributed by atoms with E-state index in [0.717, 1.165) is 0 Å². The number of hydrogen-bond donors (Lipinski definition) is 0. The molecule has 0 N–H and O–H groups in total. The molecule has 0 aromatic carbocycles. The maximum Gasteiger partial charge on any atom is 3.00 e. The van der Waals surface area contributed by atoms with Gasteiger partial charge < -0.3 is 14.7 Å². The van der Waals surface area contributed by atoms with Crippen molar-refractivity contribution in [1.29, 1.82) is 0 Å². The summed E-state index contributed by atoms with van der Waals surface area (Å²) in [7, 11) is -3.25. The summed E-state index contributed by atoms with van der Waals surface area (Å²) in [5.74, 6) is 0. The van der Waals surface area contributed by atoms with Gasteiger partial charge >= 0.3 is 40.4 Å². The van der Waals surface area contributed by atoms with Gasteiger partial charge in [-0.15, -0.1) is 0 Å². The molecule has 1 radical (unpaired) electrons. The summed E-state index contributed by atoms with van der Waals surface area (Å²) >= 11 is 0. The molecule has 0 aromatic rings. The van der Waals surface area contributed by atoms with Gasteiger partial charge in [0.25, 0.3) is 0 Å². The van der Waals surface area contributed by atoms with Crippen LogP contribution >= 0.6 is 26.1 Å². The first-order chi connectivity index (χ1) is 4.24. The zero-order valence-electron chi connectivity index (χ0n) is 4.20. The van der Waals surface area contributed by atoms with Crippen molar-refractivity contribution in [2.75, 3.05) is 0 Å². The third-order valence-corrected chi connectivity index (χ3v) is 0. The van der Waals surface area contributed by atoms with E-state index in [9.17, 15) is 0 Å². The second kappa shape index (κ2) is 46.7. The van der Waals surface area contributed by atoms with Crippen LogP contribution in [0.2, 0.25) is 0 Å². The van der Waals surface area contributed by atoms with Crippen molar-refractivity contribution in [3.8, 4) is 0 Å². The monoisotopic (exact) mass is 341 g/mol. The van der Waals surface area contributed by atoms with Gasteiger partial charge in [0.05, 0.1) is 26.1 Å². The van der Waals surface area contributed by atoms with Crippen LogP contribution in [0.15, 0.2) is 0 Å². The van der Waals surface area contributed by atoms with Crippen LogP contribution in [-0.2, 0) is 13.7 Å². The standard InChI is InChI=1S/3HO2P.Sm/c3*1-3-2;/h3*(H,1,2);/q;;;+3/p-3. The predicted molar refractivity (Wildman–Crippen MR) is 22.8 cm³/mol. The average Bonchev–Trinajstić information content (AvgIpc) is 1.70. The zero-order chi connectivity index (χ0) is 8.12. The van der Waals surface area contributed by atoms with Gasteiger partial charge in [0.2, 0.25) is 0 Å². The second-order valence-electron chi connectivity index (χ2n) is 0.224. The largest absolute Gasteiger partial charge is 3.00 e. The molecule has 6 nitrogen and oxygen atoms in total.